The summed E-state index contributed by atoms with van der Waals surface area (Å²) in [5, 5.41) is 8.69. The van der Waals surface area contributed by atoms with Crippen molar-refractivity contribution >= 4 is 5.97 Å². The summed E-state index contributed by atoms with van der Waals surface area (Å²) < 4.78 is 0. The highest BCUT2D eigenvalue weighted by Crippen LogP contribution is 2.14. The van der Waals surface area contributed by atoms with Crippen molar-refractivity contribution in [2.45, 2.75) is 39.0 Å². The van der Waals surface area contributed by atoms with Crippen LogP contribution in [0, 0.1) is 5.92 Å². The molecule has 1 rings (SSSR count). The lowest BCUT2D eigenvalue weighted by Crippen LogP contribution is -2.05. The zero-order valence-electron chi connectivity index (χ0n) is 11.1. The van der Waals surface area contributed by atoms with Crippen LogP contribution in [0.4, 0.5) is 0 Å². The van der Waals surface area contributed by atoms with E-state index in [1.807, 2.05) is 6.92 Å². The second-order valence-corrected chi connectivity index (χ2v) is 4.95. The van der Waals surface area contributed by atoms with E-state index >= 15 is 0 Å². The van der Waals surface area contributed by atoms with Gasteiger partial charge in [-0.15, -0.1) is 0 Å². The Labute approximate surface area is 109 Å². The van der Waals surface area contributed by atoms with Crippen LogP contribution in [0.2, 0.25) is 0 Å². The molecule has 1 aromatic rings. The maximum atomic E-state index is 10.6. The predicted octanol–water partition coefficient (Wildman–Crippen LogP) is 2.62. The van der Waals surface area contributed by atoms with Crippen LogP contribution in [0.1, 0.15) is 37.3 Å². The monoisotopic (exact) mass is 249 g/mol. The number of nitrogens with two attached hydrogens (primary N) is 1. The summed E-state index contributed by atoms with van der Waals surface area (Å²) in [6, 6.07) is 8.57. The number of aryl methyl sites for hydroxylation is 2. The zero-order valence-corrected chi connectivity index (χ0v) is 11.1. The van der Waals surface area contributed by atoms with Gasteiger partial charge in [-0.05, 0) is 49.3 Å². The third-order valence-corrected chi connectivity index (χ3v) is 3.14. The second kappa shape index (κ2) is 7.88. The Morgan fingerprint density at radius 3 is 2.28 bits per heavy atom. The van der Waals surface area contributed by atoms with Crippen molar-refractivity contribution in [2.24, 2.45) is 11.7 Å². The minimum atomic E-state index is -0.709. The first-order valence-electron chi connectivity index (χ1n) is 6.61. The van der Waals surface area contributed by atoms with Crippen molar-refractivity contribution in [2.75, 3.05) is 6.54 Å². The molecule has 0 saturated carbocycles. The van der Waals surface area contributed by atoms with Crippen LogP contribution < -0.4 is 5.73 Å². The fourth-order valence-electron chi connectivity index (χ4n) is 1.99. The van der Waals surface area contributed by atoms with Crippen LogP contribution in [0.5, 0.6) is 0 Å². The van der Waals surface area contributed by atoms with Gasteiger partial charge in [-0.25, -0.2) is 0 Å². The molecule has 1 aromatic carbocycles. The normalized spacial score (nSPS) is 12.3. The summed E-state index contributed by atoms with van der Waals surface area (Å²) in [5.74, 6) is -0.473. The van der Waals surface area contributed by atoms with Crippen LogP contribution in [0.15, 0.2) is 24.3 Å². The third-order valence-electron chi connectivity index (χ3n) is 3.14. The Hall–Kier alpha value is -1.35. The molecule has 3 nitrogen and oxygen atoms in total. The first-order valence-corrected chi connectivity index (χ1v) is 6.61. The molecule has 0 aliphatic carbocycles. The predicted molar refractivity (Wildman–Crippen MR) is 73.6 cm³/mol. The molecule has 100 valence electrons. The molecule has 0 spiro atoms. The summed E-state index contributed by atoms with van der Waals surface area (Å²) in [6.45, 7) is 2.72. The quantitative estimate of drug-likeness (QED) is 0.744. The van der Waals surface area contributed by atoms with Crippen LogP contribution in [-0.2, 0) is 17.6 Å². The third kappa shape index (κ3) is 5.82. The van der Waals surface area contributed by atoms with Crippen LogP contribution >= 0.6 is 0 Å². The molecule has 1 unspecified atom stereocenters. The van der Waals surface area contributed by atoms with E-state index in [-0.39, 0.29) is 12.3 Å². The number of carboxylic acids is 1. The number of rotatable bonds is 8. The van der Waals surface area contributed by atoms with Gasteiger partial charge < -0.3 is 10.8 Å². The van der Waals surface area contributed by atoms with Crippen LogP contribution in [-0.4, -0.2) is 17.6 Å². The molecule has 0 saturated heterocycles. The van der Waals surface area contributed by atoms with Crippen molar-refractivity contribution in [1.82, 2.24) is 0 Å². The summed E-state index contributed by atoms with van der Waals surface area (Å²) in [7, 11) is 0. The molecule has 0 amide bonds. The van der Waals surface area contributed by atoms with Gasteiger partial charge in [0.15, 0.2) is 0 Å². The van der Waals surface area contributed by atoms with E-state index in [0.29, 0.717) is 0 Å². The van der Waals surface area contributed by atoms with Crippen LogP contribution in [0.25, 0.3) is 0 Å². The van der Waals surface area contributed by atoms with Gasteiger partial charge >= 0.3 is 5.97 Å². The summed E-state index contributed by atoms with van der Waals surface area (Å²) in [5.41, 5.74) is 8.08. The van der Waals surface area contributed by atoms with Crippen molar-refractivity contribution in [3.8, 4) is 0 Å². The number of hydrogen-bond donors (Lipinski definition) is 2. The number of aliphatic carboxylic acids is 1. The lowest BCUT2D eigenvalue weighted by atomic mass is 9.97. The molecule has 3 heteroatoms. The number of carboxylic acid groups (broad SMARTS) is 1. The molecular formula is C15H23NO2. The number of hydrogen-bond acceptors (Lipinski definition) is 2. The van der Waals surface area contributed by atoms with E-state index in [4.69, 9.17) is 10.8 Å². The van der Waals surface area contributed by atoms with Gasteiger partial charge in [0, 0.05) is 6.42 Å². The Balaban J connectivity index is 2.36. The number of benzene rings is 1. The Kier molecular flexibility index (Phi) is 6.44. The molecule has 0 bridgehead atoms. The van der Waals surface area contributed by atoms with Crippen molar-refractivity contribution in [1.29, 1.82) is 0 Å². The second-order valence-electron chi connectivity index (χ2n) is 4.95. The topological polar surface area (TPSA) is 63.3 Å². The lowest BCUT2D eigenvalue weighted by Gasteiger charge is -2.09. The standard InChI is InChI=1S/C15H23NO2/c1-12(11-15(17)18)4-5-14-8-6-13(7-9-14)3-2-10-16/h6-9,12H,2-5,10-11,16H2,1H3,(H,17,18). The minimum Gasteiger partial charge on any atom is -0.481 e. The highest BCUT2D eigenvalue weighted by atomic mass is 16.4. The molecule has 1 atom stereocenters. The zero-order chi connectivity index (χ0) is 13.4. The van der Waals surface area contributed by atoms with E-state index in [1.165, 1.54) is 11.1 Å². The fraction of sp³-hybridized carbons (Fsp3) is 0.533. The number of carbonyl (C=O) groups is 1. The van der Waals surface area contributed by atoms with Gasteiger partial charge in [0.1, 0.15) is 0 Å². The van der Waals surface area contributed by atoms with Gasteiger partial charge in [-0.2, -0.15) is 0 Å². The average Bonchev–Trinajstić information content (AvgIpc) is 2.34. The Morgan fingerprint density at radius 1 is 1.22 bits per heavy atom. The maximum Gasteiger partial charge on any atom is 0.303 e. The van der Waals surface area contributed by atoms with E-state index in [2.05, 4.69) is 24.3 Å². The van der Waals surface area contributed by atoms with Gasteiger partial charge in [-0.3, -0.25) is 4.79 Å². The molecule has 0 fully saturated rings. The molecule has 0 aromatic heterocycles. The van der Waals surface area contributed by atoms with Crippen molar-refractivity contribution in [3.63, 3.8) is 0 Å². The van der Waals surface area contributed by atoms with Gasteiger partial charge in [0.2, 0.25) is 0 Å². The van der Waals surface area contributed by atoms with Crippen LogP contribution in [0.3, 0.4) is 0 Å². The summed E-state index contributed by atoms with van der Waals surface area (Å²) in [4.78, 5) is 10.6. The largest absolute Gasteiger partial charge is 0.481 e. The molecule has 18 heavy (non-hydrogen) atoms. The SMILES string of the molecule is CC(CCc1ccc(CCCN)cc1)CC(=O)O. The van der Waals surface area contributed by atoms with Gasteiger partial charge in [0.25, 0.3) is 0 Å². The fourth-order valence-corrected chi connectivity index (χ4v) is 1.99. The molecule has 0 radical (unpaired) electrons. The molecular weight excluding hydrogens is 226 g/mol. The Bertz CT molecular complexity index is 359. The average molecular weight is 249 g/mol. The lowest BCUT2D eigenvalue weighted by molar-refractivity contribution is -0.138. The first-order chi connectivity index (χ1) is 8.61. The summed E-state index contributed by atoms with van der Waals surface area (Å²) >= 11 is 0. The molecule has 0 aliphatic heterocycles. The van der Waals surface area contributed by atoms with Gasteiger partial charge in [0.05, 0.1) is 0 Å². The smallest absolute Gasteiger partial charge is 0.303 e. The maximum absolute atomic E-state index is 10.6. The molecule has 3 N–H and O–H groups in total. The van der Waals surface area contributed by atoms with E-state index in [9.17, 15) is 4.79 Å². The first kappa shape index (κ1) is 14.7. The van der Waals surface area contributed by atoms with E-state index < -0.39 is 5.97 Å². The van der Waals surface area contributed by atoms with Crippen molar-refractivity contribution in [3.05, 3.63) is 35.4 Å². The Morgan fingerprint density at radius 2 is 1.78 bits per heavy atom. The van der Waals surface area contributed by atoms with Gasteiger partial charge in [-0.1, -0.05) is 31.2 Å². The minimum absolute atomic E-state index is 0.236. The van der Waals surface area contributed by atoms with Crippen molar-refractivity contribution < 1.29 is 9.90 Å². The molecule has 0 heterocycles. The molecule has 0 aliphatic rings. The highest BCUT2D eigenvalue weighted by molar-refractivity contribution is 5.66. The van der Waals surface area contributed by atoms with E-state index in [0.717, 1.165) is 32.2 Å². The highest BCUT2D eigenvalue weighted by Gasteiger charge is 2.07. The van der Waals surface area contributed by atoms with E-state index in [1.54, 1.807) is 0 Å². The summed E-state index contributed by atoms with van der Waals surface area (Å²) in [6.07, 6.45) is 4.19.